The molecule has 0 saturated heterocycles. The van der Waals surface area contributed by atoms with E-state index in [1.165, 1.54) is 28.7 Å². The molecule has 0 aliphatic heterocycles. The fourth-order valence-corrected chi connectivity index (χ4v) is 34.7. The normalized spacial score (nSPS) is 16.4. The summed E-state index contributed by atoms with van der Waals surface area (Å²) in [6.07, 6.45) is 7.68. The molecule has 4 aliphatic carbocycles. The van der Waals surface area contributed by atoms with Crippen molar-refractivity contribution in [3.8, 4) is 22.3 Å². The third kappa shape index (κ3) is 8.06. The summed E-state index contributed by atoms with van der Waals surface area (Å²) < 4.78 is 4.97. The van der Waals surface area contributed by atoms with Crippen LogP contribution in [0, 0.1) is 5.92 Å². The number of fused-ring (bicyclic) bond motifs is 6. The molecule has 0 N–H and O–H groups in total. The van der Waals surface area contributed by atoms with Gasteiger partial charge in [-0.15, -0.1) is 0 Å². The molecule has 1 atom stereocenters. The van der Waals surface area contributed by atoms with Crippen LogP contribution in [0.25, 0.3) is 22.3 Å². The Morgan fingerprint density at radius 2 is 0.962 bits per heavy atom. The summed E-state index contributed by atoms with van der Waals surface area (Å²) in [4.78, 5) is 0. The SMILES string of the molecule is CC1=C(C)C(C)[C]([Ti]([C]2=CC=CC2)=[Si](C)C)=C1C.C[Si](C)=[Ti+4]([CH]1c2ccccc2-c2ccccc21)[CH]1c2ccccc2-c2ccccc21.[Cl-].[Cl-].[Cl-].[Cl-]. The third-order valence-corrected chi connectivity index (χ3v) is 36.0. The molecule has 4 aromatic carbocycles. The van der Waals surface area contributed by atoms with E-state index in [-0.39, 0.29) is 55.8 Å². The zero-order valence-corrected chi connectivity index (χ0v) is 39.6. The van der Waals surface area contributed by atoms with Gasteiger partial charge in [0.25, 0.3) is 0 Å². The van der Waals surface area contributed by atoms with Gasteiger partial charge >= 0.3 is 305 Å². The first-order valence-corrected chi connectivity index (χ1v) is 30.7. The van der Waals surface area contributed by atoms with E-state index in [2.05, 4.69) is 169 Å². The first kappa shape index (κ1) is 45.3. The Kier molecular flexibility index (Phi) is 16.7. The van der Waals surface area contributed by atoms with Crippen LogP contribution in [0.4, 0.5) is 0 Å². The van der Waals surface area contributed by atoms with E-state index in [0.29, 0.717) is 8.45 Å². The molecule has 0 spiro atoms. The predicted molar refractivity (Wildman–Crippen MR) is 204 cm³/mol. The van der Waals surface area contributed by atoms with Gasteiger partial charge in [-0.25, -0.2) is 0 Å². The minimum atomic E-state index is -1.63. The smallest absolute Gasteiger partial charge is 1.00 e. The van der Waals surface area contributed by atoms with Crippen LogP contribution in [0.3, 0.4) is 0 Å². The summed E-state index contributed by atoms with van der Waals surface area (Å²) in [6, 6.07) is 36.9. The zero-order valence-electron chi connectivity index (χ0n) is 31.4. The van der Waals surface area contributed by atoms with Crippen molar-refractivity contribution in [2.45, 2.75) is 68.7 Å². The van der Waals surface area contributed by atoms with Gasteiger partial charge < -0.3 is 49.6 Å². The summed E-state index contributed by atoms with van der Waals surface area (Å²) >= 11 is -2.82. The first-order valence-electron chi connectivity index (χ1n) is 17.7. The predicted octanol–water partition coefficient (Wildman–Crippen LogP) is 0.371. The van der Waals surface area contributed by atoms with Crippen LogP contribution in [-0.2, 0) is 33.2 Å². The van der Waals surface area contributed by atoms with Gasteiger partial charge in [0.2, 0.25) is 0 Å². The van der Waals surface area contributed by atoms with Gasteiger partial charge in [-0.3, -0.25) is 0 Å². The van der Waals surface area contributed by atoms with Crippen LogP contribution >= 0.6 is 0 Å². The van der Waals surface area contributed by atoms with E-state index in [1.54, 1.807) is 39.0 Å². The zero-order chi connectivity index (χ0) is 33.7. The largest absolute Gasteiger partial charge is 1.00 e. The molecule has 0 heterocycles. The number of rotatable bonds is 4. The topological polar surface area (TPSA) is 0 Å². The van der Waals surface area contributed by atoms with Gasteiger partial charge in [0.1, 0.15) is 0 Å². The maximum absolute atomic E-state index is 2.59. The summed E-state index contributed by atoms with van der Waals surface area (Å²) in [7, 11) is 0. The monoisotopic (exact) mass is 868 g/mol. The van der Waals surface area contributed by atoms with E-state index in [9.17, 15) is 0 Å². The maximum Gasteiger partial charge on any atom is -1.00 e. The molecule has 52 heavy (non-hydrogen) atoms. The van der Waals surface area contributed by atoms with Crippen LogP contribution in [0.1, 0.15) is 64.8 Å². The fraction of sp³-hybridized carbons (Fsp3) is 0.273. The summed E-state index contributed by atoms with van der Waals surface area (Å²) in [5.74, 6) is 0.724. The average Bonchev–Trinajstić information content (AvgIpc) is 3.86. The molecule has 268 valence electrons. The van der Waals surface area contributed by atoms with Crippen molar-refractivity contribution < 1.29 is 82.8 Å². The van der Waals surface area contributed by atoms with Crippen LogP contribution in [0.5, 0.6) is 0 Å². The number of hydrogen-bond acceptors (Lipinski definition) is 0. The van der Waals surface area contributed by atoms with Crippen LogP contribution in [-0.4, -0.2) is 12.4 Å². The van der Waals surface area contributed by atoms with Crippen LogP contribution in [0.2, 0.25) is 26.2 Å². The van der Waals surface area contributed by atoms with Gasteiger partial charge in [-0.1, -0.05) is 0 Å². The summed E-state index contributed by atoms with van der Waals surface area (Å²) in [5, 5.41) is 0. The van der Waals surface area contributed by atoms with Crippen molar-refractivity contribution >= 4 is 12.4 Å². The molecular formula is C44H48Cl4Si2Ti2. The molecule has 0 radical (unpaired) electrons. The van der Waals surface area contributed by atoms with Crippen molar-refractivity contribution in [1.82, 2.24) is 0 Å². The van der Waals surface area contributed by atoms with Crippen molar-refractivity contribution in [1.29, 1.82) is 0 Å². The second-order valence-electron chi connectivity index (χ2n) is 14.4. The quantitative estimate of drug-likeness (QED) is 0.261. The summed E-state index contributed by atoms with van der Waals surface area (Å²) in [6.45, 7) is 19.7. The first-order chi connectivity index (χ1) is 23.2. The molecule has 1 unspecified atom stereocenters. The second-order valence-corrected chi connectivity index (χ2v) is 38.5. The second kappa shape index (κ2) is 19.1. The van der Waals surface area contributed by atoms with Crippen LogP contribution < -0.4 is 49.6 Å². The van der Waals surface area contributed by atoms with Crippen molar-refractivity contribution in [3.05, 3.63) is 162 Å². The van der Waals surface area contributed by atoms with Gasteiger partial charge in [0.15, 0.2) is 0 Å². The number of hydrogen-bond donors (Lipinski definition) is 0. The molecule has 4 aliphatic rings. The average molecular weight is 871 g/mol. The van der Waals surface area contributed by atoms with Gasteiger partial charge in [0.05, 0.1) is 0 Å². The van der Waals surface area contributed by atoms with E-state index in [1.807, 2.05) is 7.76 Å². The molecule has 0 fully saturated rings. The van der Waals surface area contributed by atoms with Gasteiger partial charge in [-0.2, -0.15) is 0 Å². The van der Waals surface area contributed by atoms with E-state index >= 15 is 0 Å². The molecule has 0 aromatic heterocycles. The summed E-state index contributed by atoms with van der Waals surface area (Å²) in [5.41, 5.74) is 17.2. The minimum Gasteiger partial charge on any atom is -1.00 e. The molecular weight excluding hydrogens is 822 g/mol. The third-order valence-electron chi connectivity index (χ3n) is 11.4. The molecule has 0 saturated carbocycles. The van der Waals surface area contributed by atoms with E-state index in [4.69, 9.17) is 0 Å². The molecule has 8 rings (SSSR count). The Bertz CT molecular complexity index is 1980. The molecule has 8 heteroatoms. The molecule has 0 amide bonds. The van der Waals surface area contributed by atoms with E-state index < -0.39 is 39.4 Å². The van der Waals surface area contributed by atoms with E-state index in [0.717, 1.165) is 5.92 Å². The number of benzene rings is 4. The Labute approximate surface area is 350 Å². The minimum absolute atomic E-state index is 0. The van der Waals surface area contributed by atoms with Gasteiger partial charge in [-0.05, 0) is 0 Å². The number of allylic oxidation sites excluding steroid dienone is 8. The Morgan fingerprint density at radius 3 is 1.25 bits per heavy atom. The standard InChI is InChI=1S/2C13H9.C9H13.C5H5.2C2H6Si.4ClH.2Ti/c2*1-3-7-12-10(5-1)9-11-6-2-4-8-13(11)12;1-6-5-7(2)9(4)8(6)3;1-2-4-5-3-1;2*1-3-2;;;;;;/h2*1-9H;6H,1-4H3;1-3H,4H2;2*1-2H3;4*1H;;/q;;;;;;;;;;;+4/p-4. The van der Waals surface area contributed by atoms with Crippen molar-refractivity contribution in [2.24, 2.45) is 5.92 Å². The fourth-order valence-electron chi connectivity index (χ4n) is 8.89. The molecule has 0 bridgehead atoms. The Morgan fingerprint density at radius 1 is 0.577 bits per heavy atom. The number of halogens is 4. The van der Waals surface area contributed by atoms with Crippen LogP contribution in [0.15, 0.2) is 140 Å². The van der Waals surface area contributed by atoms with Gasteiger partial charge in [0, 0.05) is 0 Å². The maximum atomic E-state index is 2.59. The van der Waals surface area contributed by atoms with Crippen molar-refractivity contribution in [2.75, 3.05) is 0 Å². The Balaban J connectivity index is 0.000000290. The molecule has 4 aromatic rings. The van der Waals surface area contributed by atoms with Crippen molar-refractivity contribution in [3.63, 3.8) is 0 Å². The Hall–Kier alpha value is -1.14. The molecule has 0 nitrogen and oxygen atoms in total.